The van der Waals surface area contributed by atoms with E-state index >= 15 is 0 Å². The van der Waals surface area contributed by atoms with E-state index in [1.165, 1.54) is 0 Å². The first kappa shape index (κ1) is 15.8. The number of nitriles is 1. The topological polar surface area (TPSA) is 62.1 Å². The van der Waals surface area contributed by atoms with E-state index in [2.05, 4.69) is 17.5 Å². The number of allylic oxidation sites excluding steroid dienone is 3. The second-order valence-electron chi connectivity index (χ2n) is 5.15. The SMILES string of the molecule is CCOc1ccc(NC(=O)/C(C#N)=C/C2CC=CCC2)cc1. The van der Waals surface area contributed by atoms with Gasteiger partial charge in [-0.25, -0.2) is 0 Å². The first-order valence-electron chi connectivity index (χ1n) is 7.54. The number of carbonyl (C=O) groups is 1. The molecule has 0 heterocycles. The second-order valence-corrected chi connectivity index (χ2v) is 5.15. The fraction of sp³-hybridized carbons (Fsp3) is 0.333. The molecule has 0 spiro atoms. The van der Waals surface area contributed by atoms with Gasteiger partial charge < -0.3 is 10.1 Å². The van der Waals surface area contributed by atoms with Crippen molar-refractivity contribution in [1.82, 2.24) is 0 Å². The van der Waals surface area contributed by atoms with E-state index < -0.39 is 0 Å². The van der Waals surface area contributed by atoms with E-state index in [0.717, 1.165) is 25.0 Å². The van der Waals surface area contributed by atoms with Crippen LogP contribution < -0.4 is 10.1 Å². The van der Waals surface area contributed by atoms with Crippen LogP contribution in [0.1, 0.15) is 26.2 Å². The van der Waals surface area contributed by atoms with E-state index in [4.69, 9.17) is 4.74 Å². The quantitative estimate of drug-likeness (QED) is 0.510. The van der Waals surface area contributed by atoms with Crippen molar-refractivity contribution in [1.29, 1.82) is 5.26 Å². The number of nitrogens with zero attached hydrogens (tertiary/aromatic N) is 1. The zero-order chi connectivity index (χ0) is 15.8. The fourth-order valence-corrected chi connectivity index (χ4v) is 2.37. The van der Waals surface area contributed by atoms with Gasteiger partial charge in [0.05, 0.1) is 6.61 Å². The minimum absolute atomic E-state index is 0.175. The van der Waals surface area contributed by atoms with Gasteiger partial charge in [-0.05, 0) is 56.4 Å². The standard InChI is InChI=1S/C18H20N2O2/c1-2-22-17-10-8-16(9-11-17)20-18(21)15(13-19)12-14-6-4-3-5-7-14/h3-4,8-12,14H,2,5-7H2,1H3,(H,20,21)/b15-12+. The molecule has 4 nitrogen and oxygen atoms in total. The molecule has 22 heavy (non-hydrogen) atoms. The number of carbonyl (C=O) groups excluding carboxylic acids is 1. The normalized spacial score (nSPS) is 17.6. The highest BCUT2D eigenvalue weighted by atomic mass is 16.5. The van der Waals surface area contributed by atoms with Gasteiger partial charge in [0.15, 0.2) is 0 Å². The molecule has 2 rings (SSSR count). The van der Waals surface area contributed by atoms with Crippen LogP contribution in [0.15, 0.2) is 48.1 Å². The minimum Gasteiger partial charge on any atom is -0.494 e. The summed E-state index contributed by atoms with van der Waals surface area (Å²) in [6, 6.07) is 9.12. The summed E-state index contributed by atoms with van der Waals surface area (Å²) in [5.74, 6) is 0.664. The highest BCUT2D eigenvalue weighted by molar-refractivity contribution is 6.06. The van der Waals surface area contributed by atoms with Gasteiger partial charge in [0.25, 0.3) is 5.91 Å². The Morgan fingerprint density at radius 1 is 1.41 bits per heavy atom. The monoisotopic (exact) mass is 296 g/mol. The van der Waals surface area contributed by atoms with Crippen molar-refractivity contribution >= 4 is 11.6 Å². The van der Waals surface area contributed by atoms with Gasteiger partial charge in [-0.3, -0.25) is 4.79 Å². The average molecular weight is 296 g/mol. The largest absolute Gasteiger partial charge is 0.494 e. The van der Waals surface area contributed by atoms with Crippen LogP contribution in [-0.4, -0.2) is 12.5 Å². The zero-order valence-corrected chi connectivity index (χ0v) is 12.7. The lowest BCUT2D eigenvalue weighted by atomic mass is 9.92. The molecule has 1 amide bonds. The van der Waals surface area contributed by atoms with E-state index in [-0.39, 0.29) is 17.4 Å². The lowest BCUT2D eigenvalue weighted by Crippen LogP contribution is -2.15. The van der Waals surface area contributed by atoms with Crippen molar-refractivity contribution in [3.8, 4) is 11.8 Å². The van der Waals surface area contributed by atoms with Gasteiger partial charge in [0, 0.05) is 5.69 Å². The molecule has 1 aromatic rings. The van der Waals surface area contributed by atoms with Crippen LogP contribution in [0.4, 0.5) is 5.69 Å². The minimum atomic E-state index is -0.360. The predicted molar refractivity (Wildman–Crippen MR) is 86.4 cm³/mol. The van der Waals surface area contributed by atoms with Gasteiger partial charge in [-0.1, -0.05) is 18.2 Å². The fourth-order valence-electron chi connectivity index (χ4n) is 2.37. The number of benzene rings is 1. The third-order valence-electron chi connectivity index (χ3n) is 3.50. The van der Waals surface area contributed by atoms with E-state index in [9.17, 15) is 10.1 Å². The third-order valence-corrected chi connectivity index (χ3v) is 3.50. The molecule has 1 aliphatic carbocycles. The molecular weight excluding hydrogens is 276 g/mol. The Kier molecular flexibility index (Phi) is 5.79. The number of ether oxygens (including phenoxy) is 1. The van der Waals surface area contributed by atoms with Crippen molar-refractivity contribution < 1.29 is 9.53 Å². The lowest BCUT2D eigenvalue weighted by Gasteiger charge is -2.14. The Hall–Kier alpha value is -2.54. The Morgan fingerprint density at radius 3 is 2.77 bits per heavy atom. The maximum absolute atomic E-state index is 12.2. The van der Waals surface area contributed by atoms with Crippen LogP contribution >= 0.6 is 0 Å². The molecule has 0 fully saturated rings. The molecule has 1 unspecified atom stereocenters. The summed E-state index contributed by atoms with van der Waals surface area (Å²) < 4.78 is 5.35. The summed E-state index contributed by atoms with van der Waals surface area (Å²) in [5, 5.41) is 12.0. The molecule has 0 saturated carbocycles. The van der Waals surface area contributed by atoms with Crippen LogP contribution in [-0.2, 0) is 4.79 Å². The Bertz CT molecular complexity index is 609. The maximum Gasteiger partial charge on any atom is 0.265 e. The Balaban J connectivity index is 2.01. The highest BCUT2D eigenvalue weighted by Gasteiger charge is 2.14. The highest BCUT2D eigenvalue weighted by Crippen LogP contribution is 2.21. The van der Waals surface area contributed by atoms with E-state index in [1.54, 1.807) is 30.3 Å². The predicted octanol–water partition coefficient (Wildman–Crippen LogP) is 3.83. The van der Waals surface area contributed by atoms with Gasteiger partial charge in [0.1, 0.15) is 17.4 Å². The molecule has 0 radical (unpaired) electrons. The molecular formula is C18H20N2O2. The summed E-state index contributed by atoms with van der Waals surface area (Å²) in [4.78, 5) is 12.2. The van der Waals surface area contributed by atoms with E-state index in [0.29, 0.717) is 12.3 Å². The number of anilines is 1. The molecule has 1 aliphatic rings. The number of rotatable bonds is 5. The van der Waals surface area contributed by atoms with Crippen LogP contribution in [0.3, 0.4) is 0 Å². The van der Waals surface area contributed by atoms with Crippen LogP contribution in [0.5, 0.6) is 5.75 Å². The lowest BCUT2D eigenvalue weighted by molar-refractivity contribution is -0.112. The Labute approximate surface area is 131 Å². The molecule has 0 saturated heterocycles. The first-order valence-corrected chi connectivity index (χ1v) is 7.54. The summed E-state index contributed by atoms with van der Waals surface area (Å²) in [5.41, 5.74) is 0.826. The van der Waals surface area contributed by atoms with Crippen molar-refractivity contribution in [2.75, 3.05) is 11.9 Å². The van der Waals surface area contributed by atoms with Crippen LogP contribution in [0.2, 0.25) is 0 Å². The van der Waals surface area contributed by atoms with Crippen molar-refractivity contribution in [3.63, 3.8) is 0 Å². The molecule has 114 valence electrons. The number of hydrogen-bond acceptors (Lipinski definition) is 3. The summed E-state index contributed by atoms with van der Waals surface area (Å²) >= 11 is 0. The molecule has 1 aromatic carbocycles. The van der Waals surface area contributed by atoms with E-state index in [1.807, 2.05) is 13.0 Å². The molecule has 0 aromatic heterocycles. The summed E-state index contributed by atoms with van der Waals surface area (Å²) in [6.07, 6.45) is 8.90. The molecule has 4 heteroatoms. The summed E-state index contributed by atoms with van der Waals surface area (Å²) in [6.45, 7) is 2.52. The van der Waals surface area contributed by atoms with Gasteiger partial charge in [0.2, 0.25) is 0 Å². The molecule has 0 bridgehead atoms. The number of nitrogens with one attached hydrogen (secondary N) is 1. The Morgan fingerprint density at radius 2 is 2.18 bits per heavy atom. The van der Waals surface area contributed by atoms with Crippen molar-refractivity contribution in [2.24, 2.45) is 5.92 Å². The van der Waals surface area contributed by atoms with Gasteiger partial charge in [-0.15, -0.1) is 0 Å². The first-order chi connectivity index (χ1) is 10.7. The smallest absolute Gasteiger partial charge is 0.265 e. The third kappa shape index (κ3) is 4.49. The van der Waals surface area contributed by atoms with Gasteiger partial charge in [-0.2, -0.15) is 5.26 Å². The van der Waals surface area contributed by atoms with Crippen molar-refractivity contribution in [2.45, 2.75) is 26.2 Å². The average Bonchev–Trinajstić information content (AvgIpc) is 2.55. The van der Waals surface area contributed by atoms with Crippen LogP contribution in [0.25, 0.3) is 0 Å². The molecule has 1 atom stereocenters. The van der Waals surface area contributed by atoms with Crippen LogP contribution in [0, 0.1) is 17.2 Å². The van der Waals surface area contributed by atoms with Crippen molar-refractivity contribution in [3.05, 3.63) is 48.1 Å². The summed E-state index contributed by atoms with van der Waals surface area (Å²) in [7, 11) is 0. The number of amides is 1. The van der Waals surface area contributed by atoms with Gasteiger partial charge >= 0.3 is 0 Å². The molecule has 1 N–H and O–H groups in total. The molecule has 0 aliphatic heterocycles. The zero-order valence-electron chi connectivity index (χ0n) is 12.7. The number of hydrogen-bond donors (Lipinski definition) is 1. The maximum atomic E-state index is 12.2. The second kappa shape index (κ2) is 8.04.